The maximum atomic E-state index is 12.7. The summed E-state index contributed by atoms with van der Waals surface area (Å²) in [7, 11) is 0. The summed E-state index contributed by atoms with van der Waals surface area (Å²) in [6.45, 7) is 0. The van der Waals surface area contributed by atoms with Crippen LogP contribution in [0.1, 0.15) is 17.4 Å². The molecule has 0 unspecified atom stereocenters. The van der Waals surface area contributed by atoms with E-state index < -0.39 is 5.92 Å². The highest BCUT2D eigenvalue weighted by Crippen LogP contribution is 2.26. The number of hydrogen-bond donors (Lipinski definition) is 1. The molecular weight excluding hydrogens is 338 g/mol. The lowest BCUT2D eigenvalue weighted by atomic mass is 9.98. The minimum absolute atomic E-state index is 0.110. The molecule has 4 aromatic rings. The number of rotatable bonds is 4. The maximum absolute atomic E-state index is 12.7. The number of fused-ring (bicyclic) bond motifs is 2. The first-order valence-electron chi connectivity index (χ1n) is 7.69. The summed E-state index contributed by atoms with van der Waals surface area (Å²) in [5, 5.41) is 11.0. The lowest BCUT2D eigenvalue weighted by molar-refractivity contribution is -0.119. The Kier molecular flexibility index (Phi) is 3.75. The van der Waals surface area contributed by atoms with Crippen LogP contribution in [0.15, 0.2) is 53.1 Å². The predicted octanol–water partition coefficient (Wildman–Crippen LogP) is 4.38. The number of carbonyl (C=O) groups excluding carboxylic acids is 1. The molecule has 0 fully saturated rings. The van der Waals surface area contributed by atoms with Gasteiger partial charge in [0, 0.05) is 28.5 Å². The van der Waals surface area contributed by atoms with Crippen molar-refractivity contribution in [3.63, 3.8) is 0 Å². The number of carbonyl (C=O) groups is 1. The van der Waals surface area contributed by atoms with Crippen LogP contribution in [0.4, 0.5) is 0 Å². The van der Waals surface area contributed by atoms with Crippen molar-refractivity contribution in [2.75, 3.05) is 0 Å². The topological polar surface area (TPSA) is 82.7 Å². The Morgan fingerprint density at radius 2 is 2.16 bits per heavy atom. The van der Waals surface area contributed by atoms with E-state index in [1.807, 2.05) is 24.3 Å². The molecule has 1 atom stereocenters. The Hall–Kier alpha value is -3.10. The molecule has 0 saturated heterocycles. The molecule has 0 aliphatic heterocycles. The molecule has 0 radical (unpaired) electrons. The number of nitriles is 1. The lowest BCUT2D eigenvalue weighted by Crippen LogP contribution is -2.13. The Balaban J connectivity index is 1.65. The number of oxazole rings is 1. The first kappa shape index (κ1) is 15.4. The van der Waals surface area contributed by atoms with Crippen LogP contribution < -0.4 is 0 Å². The fourth-order valence-electron chi connectivity index (χ4n) is 2.87. The Bertz CT molecular complexity index is 1100. The van der Waals surface area contributed by atoms with Crippen LogP contribution in [0.5, 0.6) is 0 Å². The molecule has 2 aromatic carbocycles. The summed E-state index contributed by atoms with van der Waals surface area (Å²) in [6.07, 6.45) is 1.87. The summed E-state index contributed by atoms with van der Waals surface area (Å²) in [5.74, 6) is -1.16. The van der Waals surface area contributed by atoms with Crippen LogP contribution in [-0.2, 0) is 11.2 Å². The number of H-pyrrole nitrogens is 1. The van der Waals surface area contributed by atoms with Crippen LogP contribution in [0.25, 0.3) is 22.0 Å². The molecule has 4 rings (SSSR count). The standard InChI is InChI=1S/C19H12ClN3O2/c20-12-5-6-13-11(10-22-16(13)8-12)7-17(24)14(9-21)19-23-15-3-1-2-4-18(15)25-19/h1-6,8,10,14,22H,7H2/t14-/m0/s1. The van der Waals surface area contributed by atoms with Gasteiger partial charge in [-0.25, -0.2) is 4.98 Å². The first-order chi connectivity index (χ1) is 12.2. The number of hydrogen-bond acceptors (Lipinski definition) is 4. The van der Waals surface area contributed by atoms with Crippen molar-refractivity contribution >= 4 is 39.4 Å². The zero-order valence-corrected chi connectivity index (χ0v) is 13.7. The van der Waals surface area contributed by atoms with Crippen molar-refractivity contribution in [3.05, 3.63) is 65.1 Å². The highest BCUT2D eigenvalue weighted by atomic mass is 35.5. The van der Waals surface area contributed by atoms with Gasteiger partial charge in [0.15, 0.2) is 17.3 Å². The van der Waals surface area contributed by atoms with Gasteiger partial charge in [-0.3, -0.25) is 4.79 Å². The Morgan fingerprint density at radius 3 is 2.96 bits per heavy atom. The molecule has 1 N–H and O–H groups in total. The normalized spacial score (nSPS) is 12.3. The largest absolute Gasteiger partial charge is 0.439 e. The molecule has 0 bridgehead atoms. The second-order valence-electron chi connectivity index (χ2n) is 5.73. The van der Waals surface area contributed by atoms with Gasteiger partial charge in [-0.15, -0.1) is 0 Å². The molecule has 2 heterocycles. The van der Waals surface area contributed by atoms with Crippen LogP contribution in [0.3, 0.4) is 0 Å². The molecular formula is C19H12ClN3O2. The van der Waals surface area contributed by atoms with Gasteiger partial charge >= 0.3 is 0 Å². The van der Waals surface area contributed by atoms with Crippen LogP contribution in [0.2, 0.25) is 5.02 Å². The Labute approximate surface area is 147 Å². The van der Waals surface area contributed by atoms with E-state index >= 15 is 0 Å². The fraction of sp³-hybridized carbons (Fsp3) is 0.105. The monoisotopic (exact) mass is 349 g/mol. The first-order valence-corrected chi connectivity index (χ1v) is 8.07. The van der Waals surface area contributed by atoms with Crippen LogP contribution in [0, 0.1) is 11.3 Å². The zero-order valence-electron chi connectivity index (χ0n) is 13.0. The number of halogens is 1. The van der Waals surface area contributed by atoms with Gasteiger partial charge in [-0.2, -0.15) is 5.26 Å². The number of ketones is 1. The highest BCUT2D eigenvalue weighted by molar-refractivity contribution is 6.31. The molecule has 0 aliphatic carbocycles. The number of para-hydroxylation sites is 2. The number of Topliss-reactive ketones (excluding diaryl/α,β-unsaturated/α-hetero) is 1. The van der Waals surface area contributed by atoms with E-state index in [0.717, 1.165) is 16.5 Å². The van der Waals surface area contributed by atoms with Crippen LogP contribution in [-0.4, -0.2) is 15.8 Å². The summed E-state index contributed by atoms with van der Waals surface area (Å²) in [4.78, 5) is 20.0. The SMILES string of the molecule is N#C[C@@H](C(=O)Cc1c[nH]c2cc(Cl)ccc12)c1nc2ccccc2o1. The van der Waals surface area contributed by atoms with E-state index in [-0.39, 0.29) is 18.1 Å². The van der Waals surface area contributed by atoms with Crippen molar-refractivity contribution in [3.8, 4) is 6.07 Å². The van der Waals surface area contributed by atoms with Gasteiger partial charge in [0.2, 0.25) is 5.89 Å². The summed E-state index contributed by atoms with van der Waals surface area (Å²) < 4.78 is 5.58. The number of benzene rings is 2. The van der Waals surface area contributed by atoms with E-state index in [1.54, 1.807) is 30.5 Å². The van der Waals surface area contributed by atoms with Crippen LogP contribution >= 0.6 is 11.6 Å². The molecule has 0 spiro atoms. The molecule has 2 aromatic heterocycles. The second kappa shape index (κ2) is 6.08. The number of nitrogens with one attached hydrogen (secondary N) is 1. The van der Waals surface area contributed by atoms with Gasteiger partial charge < -0.3 is 9.40 Å². The van der Waals surface area contributed by atoms with Crippen molar-refractivity contribution in [1.82, 2.24) is 9.97 Å². The third kappa shape index (κ3) is 2.77. The quantitative estimate of drug-likeness (QED) is 0.592. The van der Waals surface area contributed by atoms with E-state index in [2.05, 4.69) is 9.97 Å². The fourth-order valence-corrected chi connectivity index (χ4v) is 3.05. The third-order valence-electron chi connectivity index (χ3n) is 4.10. The van der Waals surface area contributed by atoms with Crippen molar-refractivity contribution in [1.29, 1.82) is 5.26 Å². The van der Waals surface area contributed by atoms with Crippen molar-refractivity contribution < 1.29 is 9.21 Å². The van der Waals surface area contributed by atoms with Gasteiger partial charge in [-0.05, 0) is 29.8 Å². The van der Waals surface area contributed by atoms with Crippen molar-refractivity contribution in [2.24, 2.45) is 0 Å². The van der Waals surface area contributed by atoms with Gasteiger partial charge in [0.1, 0.15) is 5.52 Å². The maximum Gasteiger partial charge on any atom is 0.220 e. The molecule has 0 amide bonds. The minimum atomic E-state index is -1.04. The van der Waals surface area contributed by atoms with E-state index in [9.17, 15) is 10.1 Å². The average Bonchev–Trinajstić information content (AvgIpc) is 3.19. The average molecular weight is 350 g/mol. The van der Waals surface area contributed by atoms with Crippen molar-refractivity contribution in [2.45, 2.75) is 12.3 Å². The van der Waals surface area contributed by atoms with Gasteiger partial charge in [0.05, 0.1) is 6.07 Å². The molecule has 5 nitrogen and oxygen atoms in total. The third-order valence-corrected chi connectivity index (χ3v) is 4.34. The minimum Gasteiger partial charge on any atom is -0.439 e. The van der Waals surface area contributed by atoms with Gasteiger partial charge in [0.25, 0.3) is 0 Å². The van der Waals surface area contributed by atoms with E-state index in [0.29, 0.717) is 16.1 Å². The van der Waals surface area contributed by atoms with Gasteiger partial charge in [-0.1, -0.05) is 29.8 Å². The highest BCUT2D eigenvalue weighted by Gasteiger charge is 2.26. The lowest BCUT2D eigenvalue weighted by Gasteiger charge is -2.03. The van der Waals surface area contributed by atoms with E-state index in [1.165, 1.54) is 0 Å². The molecule has 122 valence electrons. The smallest absolute Gasteiger partial charge is 0.220 e. The summed E-state index contributed by atoms with van der Waals surface area (Å²) >= 11 is 5.97. The predicted molar refractivity (Wildman–Crippen MR) is 94.4 cm³/mol. The number of aromatic amines is 1. The number of nitrogens with zero attached hydrogens (tertiary/aromatic N) is 2. The number of aromatic nitrogens is 2. The Morgan fingerprint density at radius 1 is 1.32 bits per heavy atom. The molecule has 0 saturated carbocycles. The zero-order chi connectivity index (χ0) is 17.4. The van der Waals surface area contributed by atoms with E-state index in [4.69, 9.17) is 16.0 Å². The molecule has 25 heavy (non-hydrogen) atoms. The molecule has 0 aliphatic rings. The molecule has 6 heteroatoms. The summed E-state index contributed by atoms with van der Waals surface area (Å²) in [6, 6.07) is 14.6. The second-order valence-corrected chi connectivity index (χ2v) is 6.17. The summed E-state index contributed by atoms with van der Waals surface area (Å²) in [5.41, 5.74) is 2.86.